The molecule has 3 rings (SSSR count). The molecule has 0 saturated carbocycles. The van der Waals surface area contributed by atoms with E-state index in [-0.39, 0.29) is 17.2 Å². The largest absolute Gasteiger partial charge is 0.385 e. The molecule has 0 aliphatic carbocycles. The number of nitrogens with zero attached hydrogens (tertiary/aromatic N) is 2. The van der Waals surface area contributed by atoms with Gasteiger partial charge in [-0.05, 0) is 31.4 Å². The van der Waals surface area contributed by atoms with Gasteiger partial charge in [-0.25, -0.2) is 0 Å². The predicted octanol–water partition coefficient (Wildman–Crippen LogP) is 2.89. The number of hydrogen-bond acceptors (Lipinski definition) is 4. The van der Waals surface area contributed by atoms with Crippen LogP contribution in [-0.2, 0) is 9.53 Å². The highest BCUT2D eigenvalue weighted by Crippen LogP contribution is 2.41. The van der Waals surface area contributed by atoms with Crippen LogP contribution < -0.4 is 0 Å². The van der Waals surface area contributed by atoms with E-state index in [0.717, 1.165) is 32.4 Å². The highest BCUT2D eigenvalue weighted by Gasteiger charge is 2.45. The van der Waals surface area contributed by atoms with Gasteiger partial charge in [-0.15, -0.1) is 11.3 Å². The van der Waals surface area contributed by atoms with Crippen molar-refractivity contribution in [1.82, 2.24) is 9.80 Å². The van der Waals surface area contributed by atoms with Gasteiger partial charge in [-0.3, -0.25) is 9.59 Å². The minimum atomic E-state index is 0.0496. The second kappa shape index (κ2) is 7.42. The maximum Gasteiger partial charge on any atom is 0.263 e. The lowest BCUT2D eigenvalue weighted by Gasteiger charge is -2.38. The van der Waals surface area contributed by atoms with Crippen LogP contribution in [0.1, 0.15) is 35.4 Å². The lowest BCUT2D eigenvalue weighted by molar-refractivity contribution is -0.128. The molecule has 132 valence electrons. The van der Waals surface area contributed by atoms with Crippen molar-refractivity contribution < 1.29 is 14.3 Å². The Labute approximate surface area is 151 Å². The quantitative estimate of drug-likeness (QED) is 0.749. The van der Waals surface area contributed by atoms with Gasteiger partial charge in [0.1, 0.15) is 0 Å². The smallest absolute Gasteiger partial charge is 0.263 e. The highest BCUT2D eigenvalue weighted by atomic mass is 35.5. The van der Waals surface area contributed by atoms with Gasteiger partial charge < -0.3 is 14.5 Å². The average Bonchev–Trinajstić information content (AvgIpc) is 3.12. The van der Waals surface area contributed by atoms with Crippen molar-refractivity contribution in [3.05, 3.63) is 21.3 Å². The van der Waals surface area contributed by atoms with Crippen LogP contribution in [0.3, 0.4) is 0 Å². The van der Waals surface area contributed by atoms with Crippen LogP contribution in [0.4, 0.5) is 0 Å². The molecule has 0 radical (unpaired) electrons. The molecule has 2 aliphatic rings. The van der Waals surface area contributed by atoms with Crippen molar-refractivity contribution in [2.45, 2.75) is 25.7 Å². The summed E-state index contributed by atoms with van der Waals surface area (Å²) >= 11 is 7.25. The molecule has 0 N–H and O–H groups in total. The number of carbonyl (C=O) groups is 2. The van der Waals surface area contributed by atoms with Crippen LogP contribution in [0.25, 0.3) is 0 Å². The fraction of sp³-hybridized carbons (Fsp3) is 0.647. The number of thiophene rings is 1. The zero-order valence-corrected chi connectivity index (χ0v) is 15.5. The van der Waals surface area contributed by atoms with Gasteiger partial charge in [-0.2, -0.15) is 0 Å². The number of ether oxygens (including phenoxy) is 1. The van der Waals surface area contributed by atoms with E-state index in [1.807, 2.05) is 9.80 Å². The van der Waals surface area contributed by atoms with Crippen molar-refractivity contribution in [2.24, 2.45) is 5.41 Å². The van der Waals surface area contributed by atoms with Gasteiger partial charge in [0, 0.05) is 51.7 Å². The molecular formula is C17H23ClN2O3S. The molecule has 5 nitrogen and oxygen atoms in total. The summed E-state index contributed by atoms with van der Waals surface area (Å²) < 4.78 is 5.71. The van der Waals surface area contributed by atoms with E-state index in [1.54, 1.807) is 19.2 Å². The fourth-order valence-electron chi connectivity index (χ4n) is 3.69. The predicted molar refractivity (Wildman–Crippen MR) is 94.6 cm³/mol. The van der Waals surface area contributed by atoms with Gasteiger partial charge in [0.2, 0.25) is 5.91 Å². The first-order valence-electron chi connectivity index (χ1n) is 8.34. The Morgan fingerprint density at radius 3 is 2.75 bits per heavy atom. The molecule has 0 atom stereocenters. The summed E-state index contributed by atoms with van der Waals surface area (Å²) in [5.74, 6) is 0.305. The van der Waals surface area contributed by atoms with E-state index in [4.69, 9.17) is 16.3 Å². The number of hydrogen-bond donors (Lipinski definition) is 0. The molecule has 1 aromatic rings. The molecule has 1 spiro atoms. The van der Waals surface area contributed by atoms with Crippen LogP contribution >= 0.6 is 22.9 Å². The number of halogens is 1. The van der Waals surface area contributed by atoms with Crippen LogP contribution in [0.2, 0.25) is 4.34 Å². The monoisotopic (exact) mass is 370 g/mol. The number of likely N-dealkylation sites (tertiary alicyclic amines) is 2. The van der Waals surface area contributed by atoms with Crippen molar-refractivity contribution in [2.75, 3.05) is 39.9 Å². The van der Waals surface area contributed by atoms with Gasteiger partial charge in [0.15, 0.2) is 0 Å². The first-order chi connectivity index (χ1) is 11.5. The van der Waals surface area contributed by atoms with E-state index < -0.39 is 0 Å². The summed E-state index contributed by atoms with van der Waals surface area (Å²) in [4.78, 5) is 29.3. The topological polar surface area (TPSA) is 49.9 Å². The normalized spacial score (nSPS) is 20.2. The molecular weight excluding hydrogens is 348 g/mol. The van der Waals surface area contributed by atoms with Crippen LogP contribution in [-0.4, -0.2) is 61.5 Å². The molecule has 0 aromatic carbocycles. The van der Waals surface area contributed by atoms with Crippen LogP contribution in [0.5, 0.6) is 0 Å². The van der Waals surface area contributed by atoms with E-state index >= 15 is 0 Å². The number of methoxy groups -OCH3 is 1. The molecule has 2 fully saturated rings. The minimum absolute atomic E-state index is 0.0496. The Morgan fingerprint density at radius 1 is 1.38 bits per heavy atom. The van der Waals surface area contributed by atoms with E-state index in [0.29, 0.717) is 35.3 Å². The maximum atomic E-state index is 12.5. The third-order valence-corrected chi connectivity index (χ3v) is 6.30. The van der Waals surface area contributed by atoms with Crippen molar-refractivity contribution >= 4 is 34.8 Å². The molecule has 0 bridgehead atoms. The Bertz CT molecular complexity index is 611. The summed E-state index contributed by atoms with van der Waals surface area (Å²) in [5, 5.41) is 0. The average molecular weight is 371 g/mol. The Balaban J connectivity index is 1.55. The first kappa shape index (κ1) is 17.7. The fourth-order valence-corrected chi connectivity index (χ4v) is 4.70. The van der Waals surface area contributed by atoms with E-state index in [9.17, 15) is 9.59 Å². The minimum Gasteiger partial charge on any atom is -0.385 e. The summed E-state index contributed by atoms with van der Waals surface area (Å²) in [6.45, 7) is 3.71. The van der Waals surface area contributed by atoms with Crippen LogP contribution in [0.15, 0.2) is 12.1 Å². The summed E-state index contributed by atoms with van der Waals surface area (Å²) in [6, 6.07) is 3.55. The van der Waals surface area contributed by atoms with Gasteiger partial charge in [-0.1, -0.05) is 11.6 Å². The SMILES string of the molecule is COCCCN1CC2(CCN(C(=O)c3ccc(Cl)s3)CC2)CC1=O. The maximum absolute atomic E-state index is 12.5. The molecule has 1 aromatic heterocycles. The molecule has 0 unspecified atom stereocenters. The van der Waals surface area contributed by atoms with Gasteiger partial charge >= 0.3 is 0 Å². The van der Waals surface area contributed by atoms with Crippen LogP contribution in [0, 0.1) is 5.41 Å². The van der Waals surface area contributed by atoms with Crippen molar-refractivity contribution in [3.63, 3.8) is 0 Å². The van der Waals surface area contributed by atoms with E-state index in [1.165, 1.54) is 11.3 Å². The van der Waals surface area contributed by atoms with Gasteiger partial charge in [0.25, 0.3) is 5.91 Å². The third kappa shape index (κ3) is 3.76. The van der Waals surface area contributed by atoms with E-state index in [2.05, 4.69) is 0 Å². The lowest BCUT2D eigenvalue weighted by atomic mass is 9.77. The second-order valence-corrected chi connectivity index (χ2v) is 8.45. The molecule has 2 aliphatic heterocycles. The molecule has 7 heteroatoms. The standard InChI is InChI=1S/C17H23ClN2O3S/c1-23-10-2-7-20-12-17(11-15(20)21)5-8-19(9-6-17)16(22)13-3-4-14(18)24-13/h3-4H,2,5-12H2,1H3. The molecule has 2 amide bonds. The molecule has 3 heterocycles. The Kier molecular flexibility index (Phi) is 5.47. The van der Waals surface area contributed by atoms with Crippen molar-refractivity contribution in [3.8, 4) is 0 Å². The highest BCUT2D eigenvalue weighted by molar-refractivity contribution is 7.17. The molecule has 2 saturated heterocycles. The lowest BCUT2D eigenvalue weighted by Crippen LogP contribution is -2.44. The summed E-state index contributed by atoms with van der Waals surface area (Å²) in [6.07, 6.45) is 3.28. The Morgan fingerprint density at radius 2 is 2.12 bits per heavy atom. The Hall–Kier alpha value is -1.11. The van der Waals surface area contributed by atoms with Crippen molar-refractivity contribution in [1.29, 1.82) is 0 Å². The number of amides is 2. The molecule has 24 heavy (non-hydrogen) atoms. The summed E-state index contributed by atoms with van der Waals surface area (Å²) in [7, 11) is 1.68. The van der Waals surface area contributed by atoms with Gasteiger partial charge in [0.05, 0.1) is 9.21 Å². The number of piperidine rings is 1. The number of carbonyl (C=O) groups excluding carboxylic acids is 2. The summed E-state index contributed by atoms with van der Waals surface area (Å²) in [5.41, 5.74) is 0.0496. The first-order valence-corrected chi connectivity index (χ1v) is 9.54. The second-order valence-electron chi connectivity index (χ2n) is 6.73. The number of rotatable bonds is 5. The zero-order chi connectivity index (χ0) is 17.2. The third-order valence-electron chi connectivity index (χ3n) is 5.08. The zero-order valence-electron chi connectivity index (χ0n) is 13.9.